The molecule has 14 heavy (non-hydrogen) atoms. The summed E-state index contributed by atoms with van der Waals surface area (Å²) in [4.78, 5) is 19.8. The summed E-state index contributed by atoms with van der Waals surface area (Å²) in [6, 6.07) is 0. The molecular weight excluding hydrogens is 184 g/mol. The number of ether oxygens (including phenoxy) is 1. The van der Waals surface area contributed by atoms with Gasteiger partial charge in [0.15, 0.2) is 0 Å². The first-order chi connectivity index (χ1) is 6.38. The van der Waals surface area contributed by atoms with Gasteiger partial charge in [-0.1, -0.05) is 0 Å². The van der Waals surface area contributed by atoms with Crippen molar-refractivity contribution in [1.29, 1.82) is 0 Å². The van der Waals surface area contributed by atoms with Crippen LogP contribution in [0.15, 0.2) is 12.5 Å². The number of nitrogens with zero attached hydrogens (tertiary/aromatic N) is 2. The molecular formula is C9H14N2O3. The standard InChI is InChI=1S/C9H14N2O3/c1-7-5-10-6-11(7)14-8(12)13-9(2,3)4/h5-6H,1-4H3. The number of carbonyl (C=O) groups excluding carboxylic acids is 1. The molecule has 0 aromatic carbocycles. The van der Waals surface area contributed by atoms with E-state index in [4.69, 9.17) is 9.57 Å². The molecule has 0 aliphatic rings. The van der Waals surface area contributed by atoms with E-state index in [1.807, 2.05) is 0 Å². The third kappa shape index (κ3) is 3.08. The van der Waals surface area contributed by atoms with Crippen molar-refractivity contribution in [2.75, 3.05) is 0 Å². The highest BCUT2D eigenvalue weighted by Gasteiger charge is 2.18. The predicted molar refractivity (Wildman–Crippen MR) is 49.8 cm³/mol. The molecule has 0 spiro atoms. The van der Waals surface area contributed by atoms with E-state index in [2.05, 4.69) is 4.98 Å². The second kappa shape index (κ2) is 3.69. The van der Waals surface area contributed by atoms with Crippen molar-refractivity contribution in [2.45, 2.75) is 33.3 Å². The lowest BCUT2D eigenvalue weighted by atomic mass is 10.2. The highest BCUT2D eigenvalue weighted by atomic mass is 16.8. The SMILES string of the molecule is Cc1cncn1OC(=O)OC(C)(C)C. The fourth-order valence-electron chi connectivity index (χ4n) is 0.794. The Kier molecular flexibility index (Phi) is 2.78. The summed E-state index contributed by atoms with van der Waals surface area (Å²) >= 11 is 0. The maximum Gasteiger partial charge on any atom is 0.534 e. The van der Waals surface area contributed by atoms with Crippen molar-refractivity contribution in [3.63, 3.8) is 0 Å². The van der Waals surface area contributed by atoms with E-state index in [9.17, 15) is 4.79 Å². The van der Waals surface area contributed by atoms with Gasteiger partial charge < -0.3 is 9.57 Å². The topological polar surface area (TPSA) is 53.4 Å². The zero-order valence-electron chi connectivity index (χ0n) is 8.77. The van der Waals surface area contributed by atoms with Crippen molar-refractivity contribution < 1.29 is 14.4 Å². The summed E-state index contributed by atoms with van der Waals surface area (Å²) in [5.74, 6) is 0. The normalized spacial score (nSPS) is 11.1. The van der Waals surface area contributed by atoms with Crippen molar-refractivity contribution >= 4 is 6.16 Å². The Morgan fingerprint density at radius 1 is 1.50 bits per heavy atom. The van der Waals surface area contributed by atoms with Gasteiger partial charge in [0.1, 0.15) is 11.9 Å². The van der Waals surface area contributed by atoms with Crippen molar-refractivity contribution in [2.24, 2.45) is 0 Å². The third-order valence-electron chi connectivity index (χ3n) is 1.34. The quantitative estimate of drug-likeness (QED) is 0.642. The minimum absolute atomic E-state index is 0.550. The highest BCUT2D eigenvalue weighted by molar-refractivity contribution is 5.60. The Morgan fingerprint density at radius 3 is 2.57 bits per heavy atom. The Bertz CT molecular complexity index is 325. The zero-order chi connectivity index (χ0) is 10.8. The zero-order valence-corrected chi connectivity index (χ0v) is 8.77. The van der Waals surface area contributed by atoms with Gasteiger partial charge >= 0.3 is 6.16 Å². The van der Waals surface area contributed by atoms with Crippen LogP contribution in [0.3, 0.4) is 0 Å². The monoisotopic (exact) mass is 198 g/mol. The first-order valence-corrected chi connectivity index (χ1v) is 4.29. The fraction of sp³-hybridized carbons (Fsp3) is 0.556. The second-order valence-electron chi connectivity index (χ2n) is 3.92. The molecule has 0 aliphatic carbocycles. The maximum atomic E-state index is 11.2. The van der Waals surface area contributed by atoms with E-state index in [1.54, 1.807) is 33.9 Å². The summed E-state index contributed by atoms with van der Waals surface area (Å²) in [5.41, 5.74) is 0.182. The number of hydrogen-bond donors (Lipinski definition) is 0. The van der Waals surface area contributed by atoms with Crippen LogP contribution < -0.4 is 4.84 Å². The van der Waals surface area contributed by atoms with E-state index in [0.717, 1.165) is 5.69 Å². The number of carbonyl (C=O) groups is 1. The first kappa shape index (κ1) is 10.6. The molecule has 0 amide bonds. The van der Waals surface area contributed by atoms with Gasteiger partial charge in [-0.05, 0) is 27.7 Å². The average Bonchev–Trinajstić information content (AvgIpc) is 2.32. The largest absolute Gasteiger partial charge is 0.534 e. The molecule has 0 fully saturated rings. The molecule has 1 aromatic heterocycles. The van der Waals surface area contributed by atoms with Crippen LogP contribution in [-0.4, -0.2) is 21.5 Å². The van der Waals surface area contributed by atoms with E-state index in [1.165, 1.54) is 11.1 Å². The van der Waals surface area contributed by atoms with E-state index in [0.29, 0.717) is 0 Å². The molecule has 5 heteroatoms. The molecule has 5 nitrogen and oxygen atoms in total. The molecule has 0 saturated carbocycles. The molecule has 0 unspecified atom stereocenters. The summed E-state index contributed by atoms with van der Waals surface area (Å²) < 4.78 is 6.21. The molecule has 1 rings (SSSR count). The molecule has 1 heterocycles. The van der Waals surface area contributed by atoms with Gasteiger partial charge in [-0.3, -0.25) is 0 Å². The Morgan fingerprint density at radius 2 is 2.14 bits per heavy atom. The molecule has 0 atom stereocenters. The van der Waals surface area contributed by atoms with Gasteiger partial charge in [0.2, 0.25) is 0 Å². The molecule has 0 radical (unpaired) electrons. The number of rotatable bonds is 1. The van der Waals surface area contributed by atoms with Crippen molar-refractivity contribution in [3.05, 3.63) is 18.2 Å². The summed E-state index contributed by atoms with van der Waals surface area (Å²) in [6.45, 7) is 7.09. The molecule has 78 valence electrons. The lowest BCUT2D eigenvalue weighted by molar-refractivity contribution is -0.0118. The molecule has 1 aromatic rings. The summed E-state index contributed by atoms with van der Waals surface area (Å²) in [5, 5.41) is 0. The van der Waals surface area contributed by atoms with E-state index in [-0.39, 0.29) is 0 Å². The van der Waals surface area contributed by atoms with Gasteiger partial charge in [0, 0.05) is 0 Å². The van der Waals surface area contributed by atoms with Crippen molar-refractivity contribution in [1.82, 2.24) is 9.71 Å². The smallest absolute Gasteiger partial charge is 0.427 e. The van der Waals surface area contributed by atoms with Crippen LogP contribution in [0, 0.1) is 6.92 Å². The van der Waals surface area contributed by atoms with Gasteiger partial charge in [-0.25, -0.2) is 9.78 Å². The fourth-order valence-corrected chi connectivity index (χ4v) is 0.794. The number of aryl methyl sites for hydroxylation is 1. The van der Waals surface area contributed by atoms with Gasteiger partial charge in [-0.15, -0.1) is 0 Å². The minimum atomic E-state index is -0.737. The lowest BCUT2D eigenvalue weighted by Crippen LogP contribution is -2.29. The lowest BCUT2D eigenvalue weighted by Gasteiger charge is -2.18. The van der Waals surface area contributed by atoms with Gasteiger partial charge in [0.25, 0.3) is 0 Å². The average molecular weight is 198 g/mol. The maximum absolute atomic E-state index is 11.2. The highest BCUT2D eigenvalue weighted by Crippen LogP contribution is 2.07. The van der Waals surface area contributed by atoms with Crippen LogP contribution in [0.2, 0.25) is 0 Å². The molecule has 0 bridgehead atoms. The van der Waals surface area contributed by atoms with Crippen LogP contribution in [0.4, 0.5) is 4.79 Å². The molecule has 0 N–H and O–H groups in total. The number of imidazole rings is 1. The Hall–Kier alpha value is -1.52. The van der Waals surface area contributed by atoms with Crippen LogP contribution in [0.5, 0.6) is 0 Å². The minimum Gasteiger partial charge on any atom is -0.427 e. The Balaban J connectivity index is 2.54. The second-order valence-corrected chi connectivity index (χ2v) is 3.92. The number of aromatic nitrogens is 2. The molecule has 0 saturated heterocycles. The summed E-state index contributed by atoms with van der Waals surface area (Å²) in [6.07, 6.45) is 2.25. The van der Waals surface area contributed by atoms with Crippen LogP contribution in [0.1, 0.15) is 26.5 Å². The van der Waals surface area contributed by atoms with Crippen molar-refractivity contribution in [3.8, 4) is 0 Å². The predicted octanol–water partition coefficient (Wildman–Crippen LogP) is 1.56. The third-order valence-corrected chi connectivity index (χ3v) is 1.34. The van der Waals surface area contributed by atoms with Crippen LogP contribution in [0.25, 0.3) is 0 Å². The molecule has 0 aliphatic heterocycles. The number of hydrogen-bond acceptors (Lipinski definition) is 4. The summed E-state index contributed by atoms with van der Waals surface area (Å²) in [7, 11) is 0. The van der Waals surface area contributed by atoms with Gasteiger partial charge in [-0.2, -0.15) is 4.73 Å². The van der Waals surface area contributed by atoms with E-state index < -0.39 is 11.8 Å². The Labute approximate surface area is 82.6 Å². The van der Waals surface area contributed by atoms with Gasteiger partial charge in [0.05, 0.1) is 11.9 Å². The first-order valence-electron chi connectivity index (χ1n) is 4.29. The van der Waals surface area contributed by atoms with Crippen LogP contribution >= 0.6 is 0 Å². The van der Waals surface area contributed by atoms with Crippen LogP contribution in [-0.2, 0) is 4.74 Å². The van der Waals surface area contributed by atoms with E-state index >= 15 is 0 Å².